The minimum Gasteiger partial charge on any atom is -0.345 e. The van der Waals surface area contributed by atoms with Gasteiger partial charge in [0.1, 0.15) is 5.82 Å². The fraction of sp³-hybridized carbons (Fsp3) is 0.250. The maximum absolute atomic E-state index is 13.5. The summed E-state index contributed by atoms with van der Waals surface area (Å²) in [5.41, 5.74) is 3.21. The van der Waals surface area contributed by atoms with Crippen molar-refractivity contribution < 1.29 is 18.8 Å². The third kappa shape index (κ3) is 7.78. The maximum Gasteiger partial charge on any atom is 0.243 e. The van der Waals surface area contributed by atoms with Gasteiger partial charge in [-0.2, -0.15) is 0 Å². The standard InChI is InChI=1S/C28H30FN3O3/c1-3-25(22-9-5-4-6-10-22)28(35)32(18-21-12-14-23(29)15-13-21)19-27(34)30-17-26(33)31-24-11-7-8-20(2)16-24/h4-16,25H,3,17-19H2,1-2H3,(H,30,34)(H,31,33). The zero-order chi connectivity index (χ0) is 25.2. The van der Waals surface area contributed by atoms with Crippen molar-refractivity contribution in [1.29, 1.82) is 0 Å². The van der Waals surface area contributed by atoms with E-state index >= 15 is 0 Å². The SMILES string of the molecule is CCC(C(=O)N(CC(=O)NCC(=O)Nc1cccc(C)c1)Cc1ccc(F)cc1)c1ccccc1. The number of anilines is 1. The number of rotatable bonds is 10. The molecule has 1 unspecified atom stereocenters. The second-order valence-electron chi connectivity index (χ2n) is 8.39. The summed E-state index contributed by atoms with van der Waals surface area (Å²) in [4.78, 5) is 39.9. The molecular formula is C28H30FN3O3. The van der Waals surface area contributed by atoms with Crippen molar-refractivity contribution in [2.75, 3.05) is 18.4 Å². The second-order valence-corrected chi connectivity index (χ2v) is 8.39. The van der Waals surface area contributed by atoms with Crippen molar-refractivity contribution >= 4 is 23.4 Å². The molecule has 0 spiro atoms. The molecule has 3 amide bonds. The Balaban J connectivity index is 1.68. The Bertz CT molecular complexity index is 1150. The molecule has 1 atom stereocenters. The number of nitrogens with one attached hydrogen (secondary N) is 2. The Labute approximate surface area is 205 Å². The molecule has 0 radical (unpaired) electrons. The van der Waals surface area contributed by atoms with Crippen LogP contribution >= 0.6 is 0 Å². The summed E-state index contributed by atoms with van der Waals surface area (Å²) in [7, 11) is 0. The van der Waals surface area contributed by atoms with Gasteiger partial charge in [-0.1, -0.05) is 61.5 Å². The largest absolute Gasteiger partial charge is 0.345 e. The molecule has 3 rings (SSSR count). The first-order valence-electron chi connectivity index (χ1n) is 11.6. The summed E-state index contributed by atoms with van der Waals surface area (Å²) in [5.74, 6) is -1.82. The molecule has 0 bridgehead atoms. The Morgan fingerprint density at radius 3 is 2.29 bits per heavy atom. The Kier molecular flexibility index (Phi) is 9.12. The molecule has 6 nitrogen and oxygen atoms in total. The molecule has 182 valence electrons. The molecule has 0 aliphatic heterocycles. The maximum atomic E-state index is 13.5. The Morgan fingerprint density at radius 1 is 0.914 bits per heavy atom. The van der Waals surface area contributed by atoms with Crippen LogP contribution in [0.15, 0.2) is 78.9 Å². The van der Waals surface area contributed by atoms with Gasteiger partial charge >= 0.3 is 0 Å². The van der Waals surface area contributed by atoms with Crippen molar-refractivity contribution in [2.24, 2.45) is 0 Å². The van der Waals surface area contributed by atoms with Crippen molar-refractivity contribution in [2.45, 2.75) is 32.7 Å². The van der Waals surface area contributed by atoms with Crippen LogP contribution < -0.4 is 10.6 Å². The number of carbonyl (C=O) groups is 3. The predicted molar refractivity (Wildman–Crippen MR) is 134 cm³/mol. The number of hydrogen-bond acceptors (Lipinski definition) is 3. The van der Waals surface area contributed by atoms with Crippen LogP contribution in [0.1, 0.15) is 36.0 Å². The molecule has 0 heterocycles. The van der Waals surface area contributed by atoms with E-state index in [9.17, 15) is 18.8 Å². The van der Waals surface area contributed by atoms with Crippen LogP contribution in [0.2, 0.25) is 0 Å². The quantitative estimate of drug-likeness (QED) is 0.456. The minimum atomic E-state index is -0.456. The van der Waals surface area contributed by atoms with E-state index in [0.29, 0.717) is 17.7 Å². The highest BCUT2D eigenvalue weighted by atomic mass is 19.1. The lowest BCUT2D eigenvalue weighted by molar-refractivity contribution is -0.138. The lowest BCUT2D eigenvalue weighted by Gasteiger charge is -2.27. The average Bonchev–Trinajstić information content (AvgIpc) is 2.85. The van der Waals surface area contributed by atoms with Crippen LogP contribution in [-0.4, -0.2) is 35.7 Å². The van der Waals surface area contributed by atoms with Crippen molar-refractivity contribution in [1.82, 2.24) is 10.2 Å². The number of amides is 3. The van der Waals surface area contributed by atoms with E-state index in [2.05, 4.69) is 10.6 Å². The first-order valence-corrected chi connectivity index (χ1v) is 11.6. The van der Waals surface area contributed by atoms with Crippen LogP contribution in [0.5, 0.6) is 0 Å². The van der Waals surface area contributed by atoms with Crippen LogP contribution in [0.25, 0.3) is 0 Å². The second kappa shape index (κ2) is 12.5. The normalized spacial score (nSPS) is 11.4. The Hall–Kier alpha value is -4.00. The third-order valence-corrected chi connectivity index (χ3v) is 5.59. The summed E-state index contributed by atoms with van der Waals surface area (Å²) < 4.78 is 13.4. The van der Waals surface area contributed by atoms with Gasteiger partial charge in [-0.15, -0.1) is 0 Å². The van der Waals surface area contributed by atoms with E-state index in [1.54, 1.807) is 18.2 Å². The first-order chi connectivity index (χ1) is 16.9. The van der Waals surface area contributed by atoms with Crippen LogP contribution in [-0.2, 0) is 20.9 Å². The van der Waals surface area contributed by atoms with Gasteiger partial charge in [-0.25, -0.2) is 4.39 Å². The molecule has 3 aromatic rings. The molecule has 3 aromatic carbocycles. The Morgan fingerprint density at radius 2 is 1.63 bits per heavy atom. The molecule has 0 aliphatic rings. The van der Waals surface area contributed by atoms with Crippen LogP contribution in [0.4, 0.5) is 10.1 Å². The predicted octanol–water partition coefficient (Wildman–Crippen LogP) is 4.41. The van der Waals surface area contributed by atoms with E-state index in [0.717, 1.165) is 11.1 Å². The molecule has 0 aromatic heterocycles. The number of benzene rings is 3. The highest BCUT2D eigenvalue weighted by molar-refractivity contribution is 5.95. The summed E-state index contributed by atoms with van der Waals surface area (Å²) in [6, 6.07) is 22.6. The van der Waals surface area contributed by atoms with Crippen molar-refractivity contribution in [3.8, 4) is 0 Å². The fourth-order valence-electron chi connectivity index (χ4n) is 3.82. The molecule has 0 saturated carbocycles. The van der Waals surface area contributed by atoms with E-state index in [4.69, 9.17) is 0 Å². The zero-order valence-corrected chi connectivity index (χ0v) is 20.0. The van der Waals surface area contributed by atoms with Gasteiger partial charge in [0.15, 0.2) is 0 Å². The molecule has 7 heteroatoms. The van der Waals surface area contributed by atoms with Gasteiger partial charge in [0.05, 0.1) is 19.0 Å². The van der Waals surface area contributed by atoms with Gasteiger partial charge in [0.2, 0.25) is 17.7 Å². The topological polar surface area (TPSA) is 78.5 Å². The molecule has 35 heavy (non-hydrogen) atoms. The minimum absolute atomic E-state index is 0.144. The molecule has 0 aliphatic carbocycles. The summed E-state index contributed by atoms with van der Waals surface area (Å²) >= 11 is 0. The number of halogens is 1. The van der Waals surface area contributed by atoms with E-state index in [1.165, 1.54) is 17.0 Å². The number of nitrogens with zero attached hydrogens (tertiary/aromatic N) is 1. The lowest BCUT2D eigenvalue weighted by atomic mass is 9.94. The zero-order valence-electron chi connectivity index (χ0n) is 20.0. The van der Waals surface area contributed by atoms with Gasteiger partial charge in [0.25, 0.3) is 0 Å². The lowest BCUT2D eigenvalue weighted by Crippen LogP contribution is -2.44. The number of aryl methyl sites for hydroxylation is 1. The molecular weight excluding hydrogens is 445 g/mol. The van der Waals surface area contributed by atoms with Gasteiger partial charge in [-0.05, 0) is 54.3 Å². The highest BCUT2D eigenvalue weighted by Crippen LogP contribution is 2.23. The summed E-state index contributed by atoms with van der Waals surface area (Å²) in [6.07, 6.45) is 0.559. The summed E-state index contributed by atoms with van der Waals surface area (Å²) in [6.45, 7) is 3.54. The smallest absolute Gasteiger partial charge is 0.243 e. The van der Waals surface area contributed by atoms with Gasteiger partial charge in [0, 0.05) is 12.2 Å². The van der Waals surface area contributed by atoms with Crippen molar-refractivity contribution in [3.63, 3.8) is 0 Å². The fourth-order valence-corrected chi connectivity index (χ4v) is 3.82. The third-order valence-electron chi connectivity index (χ3n) is 5.59. The molecule has 0 saturated heterocycles. The van der Waals surface area contributed by atoms with E-state index in [1.807, 2.05) is 62.4 Å². The highest BCUT2D eigenvalue weighted by Gasteiger charge is 2.26. The van der Waals surface area contributed by atoms with Crippen LogP contribution in [0.3, 0.4) is 0 Å². The number of carbonyl (C=O) groups excluding carboxylic acids is 3. The van der Waals surface area contributed by atoms with E-state index < -0.39 is 11.8 Å². The van der Waals surface area contributed by atoms with Gasteiger partial charge < -0.3 is 15.5 Å². The molecule has 2 N–H and O–H groups in total. The van der Waals surface area contributed by atoms with Gasteiger partial charge in [-0.3, -0.25) is 14.4 Å². The van der Waals surface area contributed by atoms with E-state index in [-0.39, 0.29) is 37.3 Å². The monoisotopic (exact) mass is 475 g/mol. The summed E-state index contributed by atoms with van der Waals surface area (Å²) in [5, 5.41) is 5.33. The first kappa shape index (κ1) is 25.6. The van der Waals surface area contributed by atoms with Crippen LogP contribution in [0, 0.1) is 12.7 Å². The van der Waals surface area contributed by atoms with Crippen molar-refractivity contribution in [3.05, 3.63) is 101 Å². The number of hydrogen-bond donors (Lipinski definition) is 2. The molecule has 0 fully saturated rings. The average molecular weight is 476 g/mol.